The van der Waals surface area contributed by atoms with Gasteiger partial charge in [-0.3, -0.25) is 14.5 Å². The number of carbonyl (C=O) groups excluding carboxylic acids is 2. The highest BCUT2D eigenvalue weighted by Crippen LogP contribution is 2.43. The van der Waals surface area contributed by atoms with Crippen LogP contribution < -0.4 is 19.4 Å². The highest BCUT2D eigenvalue weighted by Gasteiger charge is 2.47. The molecule has 0 radical (unpaired) electrons. The first-order chi connectivity index (χ1) is 18.4. The maximum Gasteiger partial charge on any atom is 0.300 e. The number of ether oxygens (including phenoxy) is 1. The fourth-order valence-corrected chi connectivity index (χ4v) is 5.71. The summed E-state index contributed by atoms with van der Waals surface area (Å²) in [7, 11) is 1.96. The Morgan fingerprint density at radius 1 is 0.921 bits per heavy atom. The number of hydrogen-bond donors (Lipinski definition) is 1. The van der Waals surface area contributed by atoms with Crippen molar-refractivity contribution in [2.75, 3.05) is 48.0 Å². The van der Waals surface area contributed by atoms with Gasteiger partial charge < -0.3 is 19.6 Å². The van der Waals surface area contributed by atoms with E-state index >= 15 is 0 Å². The monoisotopic (exact) mass is 509 g/mol. The molecule has 3 heterocycles. The van der Waals surface area contributed by atoms with E-state index in [9.17, 15) is 14.7 Å². The number of Topliss-reactive ketones (excluding diaryl/α,β-unsaturated/α-hetero) is 1. The molecule has 0 spiro atoms. The van der Waals surface area contributed by atoms with Gasteiger partial charge in [-0.2, -0.15) is 0 Å². The Hall–Kier alpha value is -4.26. The third-order valence-corrected chi connectivity index (χ3v) is 7.73. The molecule has 0 bridgehead atoms. The number of nitrogens with zero attached hydrogens (tertiary/aromatic N) is 3. The van der Waals surface area contributed by atoms with Crippen LogP contribution in [0.25, 0.3) is 5.76 Å². The van der Waals surface area contributed by atoms with Gasteiger partial charge in [0.05, 0.1) is 23.8 Å². The van der Waals surface area contributed by atoms with Gasteiger partial charge >= 0.3 is 0 Å². The van der Waals surface area contributed by atoms with Crippen molar-refractivity contribution in [1.29, 1.82) is 0 Å². The summed E-state index contributed by atoms with van der Waals surface area (Å²) in [5, 5.41) is 11.6. The van der Waals surface area contributed by atoms with Crippen molar-refractivity contribution < 1.29 is 19.4 Å². The van der Waals surface area contributed by atoms with E-state index in [2.05, 4.69) is 4.90 Å². The number of amides is 1. The van der Waals surface area contributed by atoms with Crippen molar-refractivity contribution >= 4 is 34.5 Å². The van der Waals surface area contributed by atoms with E-state index in [0.717, 1.165) is 47.9 Å². The number of aliphatic hydroxyl groups excluding tert-OH is 1. The zero-order chi connectivity index (χ0) is 26.4. The molecule has 7 heteroatoms. The number of carbonyl (C=O) groups is 2. The Labute approximate surface area is 222 Å². The number of aliphatic hydroxyl groups is 1. The minimum absolute atomic E-state index is 0.0866. The lowest BCUT2D eigenvalue weighted by atomic mass is 9.94. The number of ketones is 1. The molecule has 3 aromatic rings. The van der Waals surface area contributed by atoms with E-state index in [1.807, 2.05) is 73.5 Å². The molecule has 0 aromatic heterocycles. The molecule has 2 fully saturated rings. The minimum Gasteiger partial charge on any atom is -0.507 e. The molecule has 0 aliphatic carbocycles. The Morgan fingerprint density at radius 3 is 2.39 bits per heavy atom. The van der Waals surface area contributed by atoms with Crippen LogP contribution >= 0.6 is 0 Å². The standard InChI is InChI=1S/C31H31N3O4/c1-20-6-5-7-21(18-20)28-27(29(35)22-8-13-26-25(19-22)32(2)16-17-38-26)30(36)31(37)34(28)24-11-9-23(10-12-24)33-14-3-4-15-33/h5-13,18-19,28,35H,3-4,14-17H2,1-2H3/b29-27-. The molecule has 6 rings (SSSR count). The van der Waals surface area contributed by atoms with Crippen LogP contribution in [0, 0.1) is 6.92 Å². The SMILES string of the molecule is Cc1cccc(C2/C(=C(/O)c3ccc4c(c3)N(C)CCO4)C(=O)C(=O)N2c2ccc(N3CCCC3)cc2)c1. The summed E-state index contributed by atoms with van der Waals surface area (Å²) in [6.45, 7) is 5.32. The average molecular weight is 510 g/mol. The Morgan fingerprint density at radius 2 is 1.66 bits per heavy atom. The van der Waals surface area contributed by atoms with Gasteiger partial charge in [0.25, 0.3) is 11.7 Å². The zero-order valence-corrected chi connectivity index (χ0v) is 21.7. The number of benzene rings is 3. The van der Waals surface area contributed by atoms with Gasteiger partial charge in [-0.15, -0.1) is 0 Å². The lowest BCUT2D eigenvalue weighted by Gasteiger charge is -2.28. The third-order valence-electron chi connectivity index (χ3n) is 7.73. The lowest BCUT2D eigenvalue weighted by molar-refractivity contribution is -0.132. The van der Waals surface area contributed by atoms with Crippen LogP contribution in [0.1, 0.15) is 35.6 Å². The molecule has 3 aromatic carbocycles. The fraction of sp³-hybridized carbons (Fsp3) is 0.290. The molecule has 38 heavy (non-hydrogen) atoms. The molecule has 1 unspecified atom stereocenters. The van der Waals surface area contributed by atoms with Crippen molar-refractivity contribution in [1.82, 2.24) is 0 Å². The van der Waals surface area contributed by atoms with Crippen LogP contribution in [-0.4, -0.2) is 50.1 Å². The molecule has 3 aliphatic heterocycles. The molecule has 7 nitrogen and oxygen atoms in total. The summed E-state index contributed by atoms with van der Waals surface area (Å²) in [5.74, 6) is -0.803. The number of hydrogen-bond acceptors (Lipinski definition) is 6. The third kappa shape index (κ3) is 4.08. The van der Waals surface area contributed by atoms with Gasteiger partial charge in [0.2, 0.25) is 0 Å². The Kier molecular flexibility index (Phi) is 6.06. The molecule has 2 saturated heterocycles. The summed E-state index contributed by atoms with van der Waals surface area (Å²) in [6.07, 6.45) is 2.35. The Bertz CT molecular complexity index is 1440. The van der Waals surface area contributed by atoms with Crippen molar-refractivity contribution in [3.63, 3.8) is 0 Å². The van der Waals surface area contributed by atoms with Gasteiger partial charge in [-0.1, -0.05) is 29.8 Å². The normalized spacial score (nSPS) is 20.6. The molecule has 3 aliphatic rings. The summed E-state index contributed by atoms with van der Waals surface area (Å²) in [5.41, 5.74) is 4.90. The van der Waals surface area contributed by atoms with Crippen molar-refractivity contribution in [3.05, 3.63) is 89.0 Å². The largest absolute Gasteiger partial charge is 0.507 e. The van der Waals surface area contributed by atoms with Crippen LogP contribution in [-0.2, 0) is 9.59 Å². The van der Waals surface area contributed by atoms with Crippen LogP contribution in [0.15, 0.2) is 72.3 Å². The first-order valence-electron chi connectivity index (χ1n) is 13.1. The molecule has 1 N–H and O–H groups in total. The second kappa shape index (κ2) is 9.56. The average Bonchev–Trinajstić information content (AvgIpc) is 3.56. The van der Waals surface area contributed by atoms with E-state index in [1.54, 1.807) is 12.1 Å². The Balaban J connectivity index is 1.47. The van der Waals surface area contributed by atoms with E-state index in [-0.39, 0.29) is 11.3 Å². The molecular formula is C31H31N3O4. The van der Waals surface area contributed by atoms with Gasteiger partial charge in [0.1, 0.15) is 18.1 Å². The molecule has 194 valence electrons. The van der Waals surface area contributed by atoms with Gasteiger partial charge in [0, 0.05) is 37.1 Å². The summed E-state index contributed by atoms with van der Waals surface area (Å²) >= 11 is 0. The predicted molar refractivity (Wildman–Crippen MR) is 149 cm³/mol. The number of anilines is 3. The number of fused-ring (bicyclic) bond motifs is 1. The number of aryl methyl sites for hydroxylation is 1. The molecule has 1 atom stereocenters. The lowest BCUT2D eigenvalue weighted by Crippen LogP contribution is -2.29. The van der Waals surface area contributed by atoms with E-state index in [1.165, 1.54) is 17.7 Å². The quantitative estimate of drug-likeness (QED) is 0.302. The smallest absolute Gasteiger partial charge is 0.300 e. The highest BCUT2D eigenvalue weighted by atomic mass is 16.5. The van der Waals surface area contributed by atoms with E-state index in [0.29, 0.717) is 17.9 Å². The molecule has 0 saturated carbocycles. The maximum absolute atomic E-state index is 13.5. The summed E-state index contributed by atoms with van der Waals surface area (Å²) in [4.78, 5) is 33.0. The van der Waals surface area contributed by atoms with Crippen LogP contribution in [0.2, 0.25) is 0 Å². The minimum atomic E-state index is -0.752. The predicted octanol–water partition coefficient (Wildman–Crippen LogP) is 5.05. The van der Waals surface area contributed by atoms with Crippen LogP contribution in [0.4, 0.5) is 17.1 Å². The van der Waals surface area contributed by atoms with Crippen molar-refractivity contribution in [2.24, 2.45) is 0 Å². The fourth-order valence-electron chi connectivity index (χ4n) is 5.71. The van der Waals surface area contributed by atoms with E-state index < -0.39 is 17.7 Å². The van der Waals surface area contributed by atoms with Gasteiger partial charge in [0.15, 0.2) is 0 Å². The van der Waals surface area contributed by atoms with Crippen LogP contribution in [0.5, 0.6) is 5.75 Å². The second-order valence-corrected chi connectivity index (χ2v) is 10.2. The summed E-state index contributed by atoms with van der Waals surface area (Å²) < 4.78 is 5.75. The van der Waals surface area contributed by atoms with Gasteiger partial charge in [-0.05, 0) is 67.8 Å². The maximum atomic E-state index is 13.5. The highest BCUT2D eigenvalue weighted by molar-refractivity contribution is 6.51. The molecular weight excluding hydrogens is 478 g/mol. The van der Waals surface area contributed by atoms with Gasteiger partial charge in [-0.25, -0.2) is 0 Å². The molecule has 1 amide bonds. The number of rotatable bonds is 4. The topological polar surface area (TPSA) is 73.3 Å². The van der Waals surface area contributed by atoms with Crippen molar-refractivity contribution in [2.45, 2.75) is 25.8 Å². The zero-order valence-electron chi connectivity index (χ0n) is 21.7. The second-order valence-electron chi connectivity index (χ2n) is 10.2. The van der Waals surface area contributed by atoms with Crippen LogP contribution in [0.3, 0.4) is 0 Å². The van der Waals surface area contributed by atoms with Crippen molar-refractivity contribution in [3.8, 4) is 5.75 Å². The first kappa shape index (κ1) is 24.1. The summed E-state index contributed by atoms with van der Waals surface area (Å²) in [6, 6.07) is 20.1. The van der Waals surface area contributed by atoms with E-state index in [4.69, 9.17) is 4.74 Å². The number of likely N-dealkylation sites (N-methyl/N-ethyl adjacent to an activating group) is 1. The first-order valence-corrected chi connectivity index (χ1v) is 13.1.